The predicted octanol–water partition coefficient (Wildman–Crippen LogP) is 20.5. The fourth-order valence-corrected chi connectivity index (χ4v) is 8.68. The number of unbranched alkanes of at least 4 members (excludes halogenated alkanes) is 32. The van der Waals surface area contributed by atoms with Gasteiger partial charge in [0.25, 0.3) is 0 Å². The highest BCUT2D eigenvalue weighted by atomic mass is 16.6. The van der Waals surface area contributed by atoms with Gasteiger partial charge in [-0.3, -0.25) is 14.4 Å². The van der Waals surface area contributed by atoms with E-state index in [4.69, 9.17) is 14.2 Å². The smallest absolute Gasteiger partial charge is 0.306 e. The maximum Gasteiger partial charge on any atom is 0.306 e. The third kappa shape index (κ3) is 57.6. The van der Waals surface area contributed by atoms with Crippen LogP contribution in [0.25, 0.3) is 0 Å². The van der Waals surface area contributed by atoms with E-state index in [0.29, 0.717) is 19.3 Å². The maximum absolute atomic E-state index is 12.9. The largest absolute Gasteiger partial charge is 0.462 e. The lowest BCUT2D eigenvalue weighted by Crippen LogP contribution is -2.30. The molecule has 0 saturated carbocycles. The van der Waals surface area contributed by atoms with Gasteiger partial charge < -0.3 is 14.2 Å². The summed E-state index contributed by atoms with van der Waals surface area (Å²) in [6.07, 6.45) is 76.1. The van der Waals surface area contributed by atoms with Crippen LogP contribution < -0.4 is 0 Å². The van der Waals surface area contributed by atoms with Gasteiger partial charge in [-0.25, -0.2) is 0 Å². The zero-order chi connectivity index (χ0) is 51.4. The molecular weight excluding hydrogens is 877 g/mol. The molecule has 0 rings (SSSR count). The number of rotatable bonds is 55. The Balaban J connectivity index is 4.33. The predicted molar refractivity (Wildman–Crippen MR) is 307 cm³/mol. The van der Waals surface area contributed by atoms with E-state index >= 15 is 0 Å². The summed E-state index contributed by atoms with van der Waals surface area (Å²) in [6.45, 7) is 6.55. The molecule has 0 radical (unpaired) electrons. The number of carbonyl (C=O) groups is 3. The minimum atomic E-state index is -0.778. The zero-order valence-corrected chi connectivity index (χ0v) is 47.0. The molecule has 6 nitrogen and oxygen atoms in total. The van der Waals surface area contributed by atoms with E-state index in [0.717, 1.165) is 103 Å². The Kier molecular flexibility index (Phi) is 56.8. The Morgan fingerprint density at radius 1 is 0.296 bits per heavy atom. The Hall–Kier alpha value is -3.15. The summed E-state index contributed by atoms with van der Waals surface area (Å²) in [4.78, 5) is 38.2. The van der Waals surface area contributed by atoms with E-state index in [-0.39, 0.29) is 31.1 Å². The number of hydrogen-bond donors (Lipinski definition) is 0. The molecule has 410 valence electrons. The van der Waals surface area contributed by atoms with Gasteiger partial charge in [0.1, 0.15) is 13.2 Å². The van der Waals surface area contributed by atoms with Crippen molar-refractivity contribution in [3.63, 3.8) is 0 Å². The summed E-state index contributed by atoms with van der Waals surface area (Å²) in [5.41, 5.74) is 0. The molecule has 1 atom stereocenters. The summed E-state index contributed by atoms with van der Waals surface area (Å²) in [5, 5.41) is 0. The van der Waals surface area contributed by atoms with Crippen molar-refractivity contribution in [1.29, 1.82) is 0 Å². The van der Waals surface area contributed by atoms with Crippen LogP contribution in [0.3, 0.4) is 0 Å². The van der Waals surface area contributed by atoms with E-state index in [1.54, 1.807) is 0 Å². The standard InChI is InChI=1S/C65H114O6/c1-4-7-10-13-16-19-22-25-27-28-29-30-31-32-33-34-35-36-38-40-43-46-49-52-55-58-64(67)70-61-62(60-69-63(66)57-54-51-48-45-42-39-24-21-18-15-12-9-6-3)71-65(68)59-56-53-50-47-44-41-37-26-23-20-17-14-11-8-5-2/h7,10,16,19,25,27,29-30,32-33,35-36,62H,4-6,8-9,11-15,17-18,20-24,26,28,31,34,37-61H2,1-3H3/b10-7-,19-16-,27-25-,30-29-,33-32-,36-35-. The van der Waals surface area contributed by atoms with Crippen molar-refractivity contribution in [1.82, 2.24) is 0 Å². The molecule has 6 heteroatoms. The van der Waals surface area contributed by atoms with E-state index in [2.05, 4.69) is 93.7 Å². The van der Waals surface area contributed by atoms with Crippen LogP contribution in [-0.4, -0.2) is 37.2 Å². The molecule has 0 aliphatic carbocycles. The summed E-state index contributed by atoms with van der Waals surface area (Å²) in [7, 11) is 0. The number of esters is 3. The van der Waals surface area contributed by atoms with Gasteiger partial charge in [-0.1, -0.05) is 286 Å². The normalized spacial score (nSPS) is 12.5. The fourth-order valence-electron chi connectivity index (χ4n) is 8.68. The molecule has 0 spiro atoms. The van der Waals surface area contributed by atoms with Crippen molar-refractivity contribution < 1.29 is 28.6 Å². The first-order valence-corrected chi connectivity index (χ1v) is 30.4. The third-order valence-electron chi connectivity index (χ3n) is 13.2. The molecular formula is C65H114O6. The molecule has 1 unspecified atom stereocenters. The van der Waals surface area contributed by atoms with Crippen molar-refractivity contribution in [2.75, 3.05) is 13.2 Å². The van der Waals surface area contributed by atoms with Gasteiger partial charge in [0, 0.05) is 19.3 Å². The van der Waals surface area contributed by atoms with E-state index in [1.807, 2.05) is 0 Å². The molecule has 0 aliphatic rings. The number of ether oxygens (including phenoxy) is 3. The molecule has 0 bridgehead atoms. The van der Waals surface area contributed by atoms with Crippen LogP contribution in [0.5, 0.6) is 0 Å². The summed E-state index contributed by atoms with van der Waals surface area (Å²) >= 11 is 0. The van der Waals surface area contributed by atoms with Gasteiger partial charge in [-0.2, -0.15) is 0 Å². The highest BCUT2D eigenvalue weighted by Crippen LogP contribution is 2.16. The Morgan fingerprint density at radius 3 is 0.859 bits per heavy atom. The second-order valence-electron chi connectivity index (χ2n) is 20.2. The first-order chi connectivity index (χ1) is 35.0. The highest BCUT2D eigenvalue weighted by Gasteiger charge is 2.19. The molecule has 0 aliphatic heterocycles. The highest BCUT2D eigenvalue weighted by molar-refractivity contribution is 5.71. The van der Waals surface area contributed by atoms with Crippen LogP contribution in [0.4, 0.5) is 0 Å². The quantitative estimate of drug-likeness (QED) is 0.0261. The van der Waals surface area contributed by atoms with E-state index in [9.17, 15) is 14.4 Å². The topological polar surface area (TPSA) is 78.9 Å². The number of allylic oxidation sites excluding steroid dienone is 12. The molecule has 0 N–H and O–H groups in total. The summed E-state index contributed by atoms with van der Waals surface area (Å²) in [6, 6.07) is 0. The van der Waals surface area contributed by atoms with Crippen molar-refractivity contribution in [3.8, 4) is 0 Å². The lowest BCUT2D eigenvalue weighted by atomic mass is 10.0. The lowest BCUT2D eigenvalue weighted by Gasteiger charge is -2.18. The number of hydrogen-bond acceptors (Lipinski definition) is 6. The fraction of sp³-hybridized carbons (Fsp3) is 0.769. The Morgan fingerprint density at radius 2 is 0.549 bits per heavy atom. The molecule has 71 heavy (non-hydrogen) atoms. The molecule has 0 fully saturated rings. The minimum absolute atomic E-state index is 0.0757. The van der Waals surface area contributed by atoms with Crippen molar-refractivity contribution in [2.45, 2.75) is 309 Å². The average molecular weight is 992 g/mol. The van der Waals surface area contributed by atoms with Gasteiger partial charge in [-0.05, 0) is 70.6 Å². The maximum atomic E-state index is 12.9. The van der Waals surface area contributed by atoms with E-state index in [1.165, 1.54) is 161 Å². The Labute approximate surface area is 440 Å². The molecule has 0 heterocycles. The van der Waals surface area contributed by atoms with Gasteiger partial charge in [0.05, 0.1) is 0 Å². The third-order valence-corrected chi connectivity index (χ3v) is 13.2. The van der Waals surface area contributed by atoms with Crippen molar-refractivity contribution >= 4 is 17.9 Å². The van der Waals surface area contributed by atoms with Crippen molar-refractivity contribution in [2.24, 2.45) is 0 Å². The van der Waals surface area contributed by atoms with Crippen LogP contribution in [0, 0.1) is 0 Å². The van der Waals surface area contributed by atoms with Crippen LogP contribution in [-0.2, 0) is 28.6 Å². The van der Waals surface area contributed by atoms with Crippen LogP contribution in [0.2, 0.25) is 0 Å². The van der Waals surface area contributed by atoms with Crippen molar-refractivity contribution in [3.05, 3.63) is 72.9 Å². The molecule has 0 aromatic carbocycles. The van der Waals surface area contributed by atoms with E-state index < -0.39 is 6.10 Å². The first kappa shape index (κ1) is 67.8. The van der Waals surface area contributed by atoms with Crippen LogP contribution in [0.15, 0.2) is 72.9 Å². The lowest BCUT2D eigenvalue weighted by molar-refractivity contribution is -0.167. The SMILES string of the molecule is CC/C=C\C/C=C\C/C=C\C/C=C\C/C=C\C/C=C\CCCCCCCCC(=O)OCC(COC(=O)CCCCCCCCCCCCCCC)OC(=O)CCCCCCCCCCCCCCCCC. The monoisotopic (exact) mass is 991 g/mol. The van der Waals surface area contributed by atoms with Gasteiger partial charge in [-0.15, -0.1) is 0 Å². The molecule has 0 aromatic heterocycles. The average Bonchev–Trinajstić information content (AvgIpc) is 3.37. The first-order valence-electron chi connectivity index (χ1n) is 30.4. The van der Waals surface area contributed by atoms with Crippen LogP contribution >= 0.6 is 0 Å². The minimum Gasteiger partial charge on any atom is -0.462 e. The van der Waals surface area contributed by atoms with Gasteiger partial charge in [0.2, 0.25) is 0 Å². The second-order valence-corrected chi connectivity index (χ2v) is 20.2. The number of carbonyl (C=O) groups excluding carboxylic acids is 3. The second kappa shape index (κ2) is 59.4. The zero-order valence-electron chi connectivity index (χ0n) is 47.0. The summed E-state index contributed by atoms with van der Waals surface area (Å²) < 4.78 is 16.9. The van der Waals surface area contributed by atoms with Crippen LogP contribution in [0.1, 0.15) is 303 Å². The summed E-state index contributed by atoms with van der Waals surface area (Å²) in [5.74, 6) is -0.876. The van der Waals surface area contributed by atoms with Gasteiger partial charge in [0.15, 0.2) is 6.10 Å². The Bertz CT molecular complexity index is 1320. The molecule has 0 aromatic rings. The van der Waals surface area contributed by atoms with Gasteiger partial charge >= 0.3 is 17.9 Å². The molecule has 0 amide bonds. The molecule has 0 saturated heterocycles.